The lowest BCUT2D eigenvalue weighted by atomic mass is 9.80. The molecule has 32 heavy (non-hydrogen) atoms. The molecule has 1 saturated heterocycles. The van der Waals surface area contributed by atoms with Crippen molar-refractivity contribution in [2.75, 3.05) is 26.2 Å². The fourth-order valence-corrected chi connectivity index (χ4v) is 4.36. The molecule has 0 bridgehead atoms. The van der Waals surface area contributed by atoms with E-state index < -0.39 is 0 Å². The van der Waals surface area contributed by atoms with Crippen molar-refractivity contribution in [3.63, 3.8) is 0 Å². The lowest BCUT2D eigenvalue weighted by Gasteiger charge is -2.32. The molecule has 3 N–H and O–H groups in total. The molecule has 1 aliphatic heterocycles. The van der Waals surface area contributed by atoms with E-state index in [0.29, 0.717) is 31.2 Å². The second-order valence-corrected chi connectivity index (χ2v) is 8.97. The maximum atomic E-state index is 12.6. The summed E-state index contributed by atoms with van der Waals surface area (Å²) >= 11 is 0. The first-order valence-electron chi connectivity index (χ1n) is 11.7. The molecule has 3 rings (SSSR count). The lowest BCUT2D eigenvalue weighted by molar-refractivity contribution is -0.123. The van der Waals surface area contributed by atoms with Crippen LogP contribution in [-0.4, -0.2) is 54.9 Å². The van der Waals surface area contributed by atoms with E-state index in [1.54, 1.807) is 4.90 Å². The van der Waals surface area contributed by atoms with E-state index in [4.69, 9.17) is 4.99 Å². The predicted octanol–water partition coefficient (Wildman–Crippen LogP) is 3.15. The first kappa shape index (κ1) is 26.4. The Balaban J connectivity index is 0.00000363. The summed E-state index contributed by atoms with van der Waals surface area (Å²) in [4.78, 5) is 30.5. The molecule has 7 nitrogen and oxygen atoms in total. The highest BCUT2D eigenvalue weighted by Gasteiger charge is 2.24. The minimum absolute atomic E-state index is 0. The summed E-state index contributed by atoms with van der Waals surface area (Å²) in [6.07, 6.45) is 4.95. The van der Waals surface area contributed by atoms with E-state index in [-0.39, 0.29) is 42.3 Å². The number of carbonyl (C=O) groups is 2. The van der Waals surface area contributed by atoms with Crippen LogP contribution in [0.3, 0.4) is 0 Å². The highest BCUT2D eigenvalue weighted by atomic mass is 127. The number of hydrogen-bond donors (Lipinski definition) is 3. The lowest BCUT2D eigenvalue weighted by Crippen LogP contribution is -2.49. The molecule has 0 atom stereocenters. The van der Waals surface area contributed by atoms with Gasteiger partial charge in [0, 0.05) is 31.2 Å². The van der Waals surface area contributed by atoms with Crippen LogP contribution in [0.15, 0.2) is 29.3 Å². The number of nitrogens with one attached hydrogen (secondary N) is 3. The summed E-state index contributed by atoms with van der Waals surface area (Å²) in [7, 11) is 0. The molecule has 2 amide bonds. The standard InChI is InChI=1S/C24H37N5O2.HI/c1-4-25-24(28-21-11-9-19(10-12-21)17(2)3)27-15-18-5-7-20(8-6-18)23(31)29-14-13-26-22(30)16-29;/h5-8,17,19,21H,4,9-16H2,1-3H3,(H,26,30)(H2,25,27,28);1H. The third-order valence-electron chi connectivity index (χ3n) is 6.35. The number of piperazine rings is 1. The zero-order valence-corrected chi connectivity index (χ0v) is 21.9. The van der Waals surface area contributed by atoms with Gasteiger partial charge >= 0.3 is 0 Å². The van der Waals surface area contributed by atoms with Crippen LogP contribution < -0.4 is 16.0 Å². The topological polar surface area (TPSA) is 85.8 Å². The first-order chi connectivity index (χ1) is 15.0. The summed E-state index contributed by atoms with van der Waals surface area (Å²) in [6, 6.07) is 8.02. The Bertz CT molecular complexity index is 773. The van der Waals surface area contributed by atoms with Crippen molar-refractivity contribution in [1.29, 1.82) is 0 Å². The Kier molecular flexibility index (Phi) is 10.7. The number of benzene rings is 1. The van der Waals surface area contributed by atoms with Gasteiger partial charge in [-0.25, -0.2) is 4.99 Å². The van der Waals surface area contributed by atoms with E-state index in [0.717, 1.165) is 29.9 Å². The minimum atomic E-state index is -0.105. The highest BCUT2D eigenvalue weighted by Crippen LogP contribution is 2.29. The number of amides is 2. The quantitative estimate of drug-likeness (QED) is 0.286. The van der Waals surface area contributed by atoms with Gasteiger partial charge in [-0.1, -0.05) is 26.0 Å². The van der Waals surface area contributed by atoms with E-state index in [1.165, 1.54) is 25.7 Å². The Labute approximate surface area is 209 Å². The normalized spacial score (nSPS) is 21.6. The number of hydrogen-bond acceptors (Lipinski definition) is 3. The van der Waals surface area contributed by atoms with Crippen LogP contribution in [0.4, 0.5) is 0 Å². The Morgan fingerprint density at radius 1 is 1.19 bits per heavy atom. The first-order valence-corrected chi connectivity index (χ1v) is 11.7. The van der Waals surface area contributed by atoms with Crippen molar-refractivity contribution in [3.8, 4) is 0 Å². The summed E-state index contributed by atoms with van der Waals surface area (Å²) in [6.45, 7) is 9.29. The average molecular weight is 556 g/mol. The van der Waals surface area contributed by atoms with Crippen molar-refractivity contribution in [1.82, 2.24) is 20.9 Å². The summed E-state index contributed by atoms with van der Waals surface area (Å²) in [5.74, 6) is 2.27. The van der Waals surface area contributed by atoms with Crippen LogP contribution in [0.5, 0.6) is 0 Å². The summed E-state index contributed by atoms with van der Waals surface area (Å²) in [5.41, 5.74) is 1.66. The van der Waals surface area contributed by atoms with Crippen molar-refractivity contribution in [2.45, 2.75) is 59.0 Å². The van der Waals surface area contributed by atoms with E-state index in [1.807, 2.05) is 24.3 Å². The van der Waals surface area contributed by atoms with Gasteiger partial charge in [0.25, 0.3) is 5.91 Å². The Morgan fingerprint density at radius 3 is 2.47 bits per heavy atom. The number of halogens is 1. The largest absolute Gasteiger partial charge is 0.357 e. The minimum Gasteiger partial charge on any atom is -0.357 e. The third kappa shape index (κ3) is 7.64. The molecular formula is C24H38IN5O2. The second kappa shape index (κ2) is 13.0. The van der Waals surface area contributed by atoms with Gasteiger partial charge in [-0.3, -0.25) is 9.59 Å². The van der Waals surface area contributed by atoms with Crippen LogP contribution in [0.2, 0.25) is 0 Å². The Hall–Kier alpha value is -1.84. The number of carbonyl (C=O) groups excluding carboxylic acids is 2. The molecule has 1 aromatic rings. The smallest absolute Gasteiger partial charge is 0.254 e. The second-order valence-electron chi connectivity index (χ2n) is 8.97. The molecular weight excluding hydrogens is 517 g/mol. The molecule has 1 aliphatic carbocycles. The molecule has 0 spiro atoms. The van der Waals surface area contributed by atoms with Crippen LogP contribution in [0.1, 0.15) is 62.4 Å². The van der Waals surface area contributed by atoms with Gasteiger partial charge < -0.3 is 20.9 Å². The SMILES string of the molecule is CCNC(=NCc1ccc(C(=O)N2CCNC(=O)C2)cc1)NC1CCC(C(C)C)CC1.I. The van der Waals surface area contributed by atoms with Gasteiger partial charge in [0.05, 0.1) is 13.1 Å². The number of rotatable bonds is 6. The average Bonchev–Trinajstić information content (AvgIpc) is 2.78. The molecule has 2 aliphatic rings. The zero-order valence-electron chi connectivity index (χ0n) is 19.5. The molecule has 178 valence electrons. The van der Waals surface area contributed by atoms with E-state index >= 15 is 0 Å². The van der Waals surface area contributed by atoms with Crippen LogP contribution in [-0.2, 0) is 11.3 Å². The van der Waals surface area contributed by atoms with Gasteiger partial charge in [-0.05, 0) is 62.1 Å². The van der Waals surface area contributed by atoms with Crippen LogP contribution in [0.25, 0.3) is 0 Å². The van der Waals surface area contributed by atoms with Crippen LogP contribution in [0, 0.1) is 11.8 Å². The summed E-state index contributed by atoms with van der Waals surface area (Å²) in [5, 5.41) is 9.70. The Morgan fingerprint density at radius 2 is 1.88 bits per heavy atom. The molecule has 0 unspecified atom stereocenters. The fourth-order valence-electron chi connectivity index (χ4n) is 4.36. The number of aliphatic imine (C=N–C) groups is 1. The molecule has 2 fully saturated rings. The van der Waals surface area contributed by atoms with Crippen LogP contribution >= 0.6 is 24.0 Å². The van der Waals surface area contributed by atoms with Gasteiger partial charge in [-0.15, -0.1) is 24.0 Å². The van der Waals surface area contributed by atoms with Crippen molar-refractivity contribution in [3.05, 3.63) is 35.4 Å². The number of guanidine groups is 1. The van der Waals surface area contributed by atoms with E-state index in [2.05, 4.69) is 36.7 Å². The third-order valence-corrected chi connectivity index (χ3v) is 6.35. The van der Waals surface area contributed by atoms with Gasteiger partial charge in [0.1, 0.15) is 0 Å². The van der Waals surface area contributed by atoms with Gasteiger partial charge in [0.15, 0.2) is 5.96 Å². The maximum Gasteiger partial charge on any atom is 0.254 e. The van der Waals surface area contributed by atoms with Crippen molar-refractivity contribution < 1.29 is 9.59 Å². The number of nitrogens with zero attached hydrogens (tertiary/aromatic N) is 2. The highest BCUT2D eigenvalue weighted by molar-refractivity contribution is 14.0. The molecule has 1 saturated carbocycles. The van der Waals surface area contributed by atoms with Crippen molar-refractivity contribution >= 4 is 41.8 Å². The summed E-state index contributed by atoms with van der Waals surface area (Å²) < 4.78 is 0. The predicted molar refractivity (Wildman–Crippen MR) is 139 cm³/mol. The van der Waals surface area contributed by atoms with Gasteiger partial charge in [-0.2, -0.15) is 0 Å². The molecule has 8 heteroatoms. The zero-order chi connectivity index (χ0) is 22.2. The van der Waals surface area contributed by atoms with E-state index in [9.17, 15) is 9.59 Å². The van der Waals surface area contributed by atoms with Crippen molar-refractivity contribution in [2.24, 2.45) is 16.8 Å². The maximum absolute atomic E-state index is 12.6. The monoisotopic (exact) mass is 555 g/mol. The molecule has 1 aromatic carbocycles. The molecule has 1 heterocycles. The molecule has 0 radical (unpaired) electrons. The van der Waals surface area contributed by atoms with Gasteiger partial charge in [0.2, 0.25) is 5.91 Å². The fraction of sp³-hybridized carbons (Fsp3) is 0.625. The molecule has 0 aromatic heterocycles.